The van der Waals surface area contributed by atoms with Crippen molar-refractivity contribution in [3.05, 3.63) is 47.5 Å². The molecule has 2 aliphatic heterocycles. The fraction of sp³-hybridized carbons (Fsp3) is 0.364. The molecule has 0 saturated carbocycles. The number of aromatic nitrogens is 5. The van der Waals surface area contributed by atoms with E-state index in [0.29, 0.717) is 27.6 Å². The van der Waals surface area contributed by atoms with Gasteiger partial charge in [-0.2, -0.15) is 5.10 Å². The van der Waals surface area contributed by atoms with Crippen molar-refractivity contribution in [3.63, 3.8) is 0 Å². The molecule has 2 fully saturated rings. The molecule has 0 aliphatic carbocycles. The van der Waals surface area contributed by atoms with Gasteiger partial charge in [0, 0.05) is 42.5 Å². The van der Waals surface area contributed by atoms with Gasteiger partial charge in [0.1, 0.15) is 5.82 Å². The van der Waals surface area contributed by atoms with E-state index < -0.39 is 0 Å². The standard InChI is InChI=1S/C22H22FN7/c1-13-5-18(28-30-9-14(2)25-21(13)30)15-6-17(23)16-8-20(27-26-19(16)7-15)29-4-3-22(12-29)10-24-11-22/h5-9,24H,3-4,10-12H2,1-2H3. The molecule has 152 valence electrons. The molecule has 4 aromatic rings. The predicted octanol–water partition coefficient (Wildman–Crippen LogP) is 2.90. The van der Waals surface area contributed by atoms with E-state index in [1.165, 1.54) is 6.07 Å². The largest absolute Gasteiger partial charge is 0.354 e. The molecule has 5 heterocycles. The highest BCUT2D eigenvalue weighted by Crippen LogP contribution is 2.36. The van der Waals surface area contributed by atoms with Crippen molar-refractivity contribution in [1.82, 2.24) is 30.1 Å². The molecule has 0 bridgehead atoms. The van der Waals surface area contributed by atoms with Gasteiger partial charge in [-0.1, -0.05) is 0 Å². The van der Waals surface area contributed by atoms with Crippen LogP contribution in [-0.4, -0.2) is 51.0 Å². The Hall–Kier alpha value is -3.13. The van der Waals surface area contributed by atoms with Gasteiger partial charge in [-0.3, -0.25) is 0 Å². The molecule has 0 amide bonds. The molecular weight excluding hydrogens is 381 g/mol. The van der Waals surface area contributed by atoms with Crippen molar-refractivity contribution < 1.29 is 4.39 Å². The van der Waals surface area contributed by atoms with E-state index in [-0.39, 0.29) is 5.82 Å². The van der Waals surface area contributed by atoms with Gasteiger partial charge in [-0.15, -0.1) is 10.2 Å². The van der Waals surface area contributed by atoms with Crippen LogP contribution in [0.2, 0.25) is 0 Å². The summed E-state index contributed by atoms with van der Waals surface area (Å²) in [5, 5.41) is 17.2. The van der Waals surface area contributed by atoms with Crippen molar-refractivity contribution in [2.75, 3.05) is 31.1 Å². The van der Waals surface area contributed by atoms with E-state index >= 15 is 4.39 Å². The van der Waals surface area contributed by atoms with Gasteiger partial charge in [0.25, 0.3) is 0 Å². The van der Waals surface area contributed by atoms with Crippen molar-refractivity contribution >= 4 is 22.4 Å². The van der Waals surface area contributed by atoms with Crippen molar-refractivity contribution in [2.24, 2.45) is 5.41 Å². The molecule has 3 aromatic heterocycles. The Labute approximate surface area is 172 Å². The highest BCUT2D eigenvalue weighted by atomic mass is 19.1. The van der Waals surface area contributed by atoms with Crippen molar-refractivity contribution in [2.45, 2.75) is 20.3 Å². The molecule has 1 spiro atoms. The number of nitrogens with one attached hydrogen (secondary N) is 1. The first-order valence-electron chi connectivity index (χ1n) is 10.3. The zero-order valence-electron chi connectivity index (χ0n) is 17.0. The first-order valence-corrected chi connectivity index (χ1v) is 10.3. The molecule has 30 heavy (non-hydrogen) atoms. The maximum absolute atomic E-state index is 15.1. The quantitative estimate of drug-likeness (QED) is 0.555. The van der Waals surface area contributed by atoms with E-state index in [9.17, 15) is 0 Å². The highest BCUT2D eigenvalue weighted by molar-refractivity contribution is 5.85. The van der Waals surface area contributed by atoms with Gasteiger partial charge >= 0.3 is 0 Å². The SMILES string of the molecule is Cc1cn2nc(-c3cc(F)c4cc(N5CCC6(CNC6)C5)nnc4c3)cc(C)c2n1. The summed E-state index contributed by atoms with van der Waals surface area (Å²) in [7, 11) is 0. The summed E-state index contributed by atoms with van der Waals surface area (Å²) in [6, 6.07) is 7.15. The normalized spacial score (nSPS) is 17.9. The number of benzene rings is 1. The van der Waals surface area contributed by atoms with Crippen LogP contribution in [0.15, 0.2) is 30.5 Å². The lowest BCUT2D eigenvalue weighted by molar-refractivity contribution is 0.199. The van der Waals surface area contributed by atoms with Gasteiger partial charge in [-0.05, 0) is 50.1 Å². The maximum Gasteiger partial charge on any atom is 0.156 e. The number of imidazole rings is 1. The van der Waals surface area contributed by atoms with E-state index in [0.717, 1.165) is 55.3 Å². The van der Waals surface area contributed by atoms with E-state index in [2.05, 4.69) is 30.5 Å². The fourth-order valence-electron chi connectivity index (χ4n) is 4.68. The minimum Gasteiger partial charge on any atom is -0.354 e. The molecule has 6 rings (SSSR count). The zero-order valence-corrected chi connectivity index (χ0v) is 17.0. The van der Waals surface area contributed by atoms with Gasteiger partial charge in [0.2, 0.25) is 0 Å². The molecule has 8 heteroatoms. The van der Waals surface area contributed by atoms with E-state index in [1.807, 2.05) is 38.2 Å². The molecular formula is C22H22FN7. The second-order valence-electron chi connectivity index (χ2n) is 8.73. The van der Waals surface area contributed by atoms with Gasteiger partial charge < -0.3 is 10.2 Å². The Balaban J connectivity index is 1.39. The molecule has 2 saturated heterocycles. The van der Waals surface area contributed by atoms with Crippen molar-refractivity contribution in [1.29, 1.82) is 0 Å². The fourth-order valence-corrected chi connectivity index (χ4v) is 4.68. The van der Waals surface area contributed by atoms with Crippen LogP contribution in [-0.2, 0) is 0 Å². The Morgan fingerprint density at radius 1 is 1.10 bits per heavy atom. The molecule has 2 aliphatic rings. The van der Waals surface area contributed by atoms with Crippen LogP contribution in [0.4, 0.5) is 10.2 Å². The van der Waals surface area contributed by atoms with Crippen LogP contribution < -0.4 is 10.2 Å². The van der Waals surface area contributed by atoms with Crippen LogP contribution in [0, 0.1) is 25.1 Å². The number of nitrogens with zero attached hydrogens (tertiary/aromatic N) is 6. The Bertz CT molecular complexity index is 1310. The number of anilines is 1. The maximum atomic E-state index is 15.1. The third-order valence-corrected chi connectivity index (χ3v) is 6.43. The average Bonchev–Trinajstić information content (AvgIpc) is 3.31. The smallest absolute Gasteiger partial charge is 0.156 e. The number of aryl methyl sites for hydroxylation is 2. The van der Waals surface area contributed by atoms with Crippen LogP contribution in [0.3, 0.4) is 0 Å². The zero-order chi connectivity index (χ0) is 20.5. The van der Waals surface area contributed by atoms with Crippen molar-refractivity contribution in [3.8, 4) is 11.3 Å². The number of fused-ring (bicyclic) bond motifs is 2. The van der Waals surface area contributed by atoms with E-state index in [1.54, 1.807) is 4.52 Å². The first-order chi connectivity index (χ1) is 14.5. The molecule has 1 N–H and O–H groups in total. The molecule has 0 radical (unpaired) electrons. The molecule has 0 unspecified atom stereocenters. The summed E-state index contributed by atoms with van der Waals surface area (Å²) >= 11 is 0. The minimum absolute atomic E-state index is 0.306. The van der Waals surface area contributed by atoms with Gasteiger partial charge in [0.15, 0.2) is 11.5 Å². The monoisotopic (exact) mass is 403 g/mol. The number of hydrogen-bond donors (Lipinski definition) is 1. The lowest BCUT2D eigenvalue weighted by atomic mass is 9.81. The lowest BCUT2D eigenvalue weighted by Crippen LogP contribution is -2.54. The summed E-state index contributed by atoms with van der Waals surface area (Å²) in [5.41, 5.74) is 4.95. The average molecular weight is 403 g/mol. The number of rotatable bonds is 2. The topological polar surface area (TPSA) is 71.2 Å². The highest BCUT2D eigenvalue weighted by Gasteiger charge is 2.43. The summed E-state index contributed by atoms with van der Waals surface area (Å²) < 4.78 is 16.8. The predicted molar refractivity (Wildman–Crippen MR) is 113 cm³/mol. The van der Waals surface area contributed by atoms with E-state index in [4.69, 9.17) is 0 Å². The molecule has 7 nitrogen and oxygen atoms in total. The van der Waals surface area contributed by atoms with Gasteiger partial charge in [-0.25, -0.2) is 13.9 Å². The summed E-state index contributed by atoms with van der Waals surface area (Å²) in [5.74, 6) is 0.446. The summed E-state index contributed by atoms with van der Waals surface area (Å²) in [4.78, 5) is 6.70. The third kappa shape index (κ3) is 2.67. The molecule has 0 atom stereocenters. The van der Waals surface area contributed by atoms with Crippen LogP contribution >= 0.6 is 0 Å². The van der Waals surface area contributed by atoms with Crippen LogP contribution in [0.5, 0.6) is 0 Å². The number of hydrogen-bond acceptors (Lipinski definition) is 6. The summed E-state index contributed by atoms with van der Waals surface area (Å²) in [6.07, 6.45) is 3.01. The number of halogens is 1. The van der Waals surface area contributed by atoms with Crippen LogP contribution in [0.25, 0.3) is 27.8 Å². The lowest BCUT2D eigenvalue weighted by Gasteiger charge is -2.39. The summed E-state index contributed by atoms with van der Waals surface area (Å²) in [6.45, 7) is 7.91. The molecule has 1 aromatic carbocycles. The Morgan fingerprint density at radius 2 is 1.97 bits per heavy atom. The third-order valence-electron chi connectivity index (χ3n) is 6.43. The first kappa shape index (κ1) is 17.7. The van der Waals surface area contributed by atoms with Gasteiger partial charge in [0.05, 0.1) is 23.1 Å². The Morgan fingerprint density at radius 3 is 2.73 bits per heavy atom. The minimum atomic E-state index is -0.306. The Kier molecular flexibility index (Phi) is 3.65. The second kappa shape index (κ2) is 6.18. The second-order valence-corrected chi connectivity index (χ2v) is 8.73. The van der Waals surface area contributed by atoms with Crippen LogP contribution in [0.1, 0.15) is 17.7 Å².